The molecule has 0 atom stereocenters. The van der Waals surface area contributed by atoms with Crippen molar-refractivity contribution in [3.05, 3.63) is 47.4 Å². The zero-order valence-electron chi connectivity index (χ0n) is 22.1. The number of rotatable bonds is 9. The number of halogens is 2. The highest BCUT2D eigenvalue weighted by Gasteiger charge is 2.23. The standard InChI is InChI=1S/C26H34F2N8O2/c1-16-11-17(12-20(23(27)28)22(16)25(37)30-7-10-34(2)3)21-14-31-24(29)26(33-21)38-19-13-32-36(15-19)18-5-8-35(4)9-6-18/h11-15,18,23H,5-10H2,1-4H3,(H2,29,31)(H,30,37). The van der Waals surface area contributed by atoms with Crippen LogP contribution >= 0.6 is 0 Å². The largest absolute Gasteiger partial charge is 0.433 e. The van der Waals surface area contributed by atoms with Crippen LogP contribution in [0.15, 0.2) is 30.7 Å². The Labute approximate surface area is 220 Å². The zero-order chi connectivity index (χ0) is 27.4. The predicted octanol–water partition coefficient (Wildman–Crippen LogP) is 3.52. The van der Waals surface area contributed by atoms with Crippen molar-refractivity contribution in [1.82, 2.24) is 34.9 Å². The van der Waals surface area contributed by atoms with E-state index in [-0.39, 0.29) is 28.9 Å². The Bertz CT molecular complexity index is 1270. The number of nitrogens with one attached hydrogen (secondary N) is 1. The molecule has 0 bridgehead atoms. The maximum absolute atomic E-state index is 14.0. The minimum absolute atomic E-state index is 0.0382. The summed E-state index contributed by atoms with van der Waals surface area (Å²) in [4.78, 5) is 25.5. The lowest BCUT2D eigenvalue weighted by atomic mass is 9.96. The van der Waals surface area contributed by atoms with Gasteiger partial charge in [-0.05, 0) is 71.7 Å². The second kappa shape index (κ2) is 11.8. The molecule has 0 radical (unpaired) electrons. The normalized spacial score (nSPS) is 14.8. The fourth-order valence-electron chi connectivity index (χ4n) is 4.47. The maximum Gasteiger partial charge on any atom is 0.264 e. The highest BCUT2D eigenvalue weighted by atomic mass is 19.3. The van der Waals surface area contributed by atoms with E-state index in [1.807, 2.05) is 23.7 Å². The minimum atomic E-state index is -2.86. The molecule has 38 heavy (non-hydrogen) atoms. The Morgan fingerprint density at radius 1 is 1.26 bits per heavy atom. The fourth-order valence-corrected chi connectivity index (χ4v) is 4.47. The SMILES string of the molecule is Cc1cc(-c2cnc(N)c(Oc3cnn(C4CCN(C)CC4)c3)n2)cc(C(F)F)c1C(=O)NCCN(C)C. The number of aryl methyl sites for hydroxylation is 1. The number of alkyl halides is 2. The third kappa shape index (κ3) is 6.43. The smallest absolute Gasteiger partial charge is 0.264 e. The van der Waals surface area contributed by atoms with E-state index >= 15 is 0 Å². The average molecular weight is 529 g/mol. The number of amides is 1. The van der Waals surface area contributed by atoms with Gasteiger partial charge < -0.3 is 25.6 Å². The predicted molar refractivity (Wildman–Crippen MR) is 141 cm³/mol. The monoisotopic (exact) mass is 528 g/mol. The Balaban J connectivity index is 1.57. The van der Waals surface area contributed by atoms with E-state index < -0.39 is 12.3 Å². The van der Waals surface area contributed by atoms with E-state index in [2.05, 4.69) is 32.3 Å². The number of carbonyl (C=O) groups excluding carboxylic acids is 1. The molecule has 0 aliphatic carbocycles. The van der Waals surface area contributed by atoms with Crippen molar-refractivity contribution in [2.45, 2.75) is 32.2 Å². The molecule has 1 aliphatic rings. The van der Waals surface area contributed by atoms with Gasteiger partial charge >= 0.3 is 0 Å². The van der Waals surface area contributed by atoms with Gasteiger partial charge in [0.1, 0.15) is 0 Å². The quantitative estimate of drug-likeness (QED) is 0.434. The third-order valence-electron chi connectivity index (χ3n) is 6.59. The molecule has 1 saturated heterocycles. The first-order valence-electron chi connectivity index (χ1n) is 12.5. The number of nitrogens with two attached hydrogens (primary N) is 1. The molecular formula is C26H34F2N8O2. The van der Waals surface area contributed by atoms with E-state index in [9.17, 15) is 13.6 Å². The summed E-state index contributed by atoms with van der Waals surface area (Å²) in [5, 5.41) is 7.14. The molecule has 10 nitrogen and oxygen atoms in total. The van der Waals surface area contributed by atoms with Gasteiger partial charge in [0.25, 0.3) is 18.2 Å². The fraction of sp³-hybridized carbons (Fsp3) is 0.462. The molecule has 0 saturated carbocycles. The van der Waals surface area contributed by atoms with Crippen LogP contribution in [0.25, 0.3) is 11.3 Å². The molecule has 1 fully saturated rings. The number of likely N-dealkylation sites (tertiary alicyclic amines) is 1. The van der Waals surface area contributed by atoms with Gasteiger partial charge in [-0.25, -0.2) is 18.7 Å². The van der Waals surface area contributed by atoms with Crippen molar-refractivity contribution < 1.29 is 18.3 Å². The molecule has 4 rings (SSSR count). The Kier molecular flexibility index (Phi) is 8.52. The van der Waals surface area contributed by atoms with Crippen molar-refractivity contribution >= 4 is 11.7 Å². The van der Waals surface area contributed by atoms with Crippen LogP contribution < -0.4 is 15.8 Å². The molecule has 3 aromatic rings. The summed E-state index contributed by atoms with van der Waals surface area (Å²) in [6.45, 7) is 4.55. The van der Waals surface area contributed by atoms with Gasteiger partial charge in [-0.15, -0.1) is 0 Å². The highest BCUT2D eigenvalue weighted by molar-refractivity contribution is 5.98. The lowest BCUT2D eigenvalue weighted by Gasteiger charge is -2.28. The lowest BCUT2D eigenvalue weighted by Crippen LogP contribution is -2.32. The number of likely N-dealkylation sites (N-methyl/N-ethyl adjacent to an activating group) is 1. The summed E-state index contributed by atoms with van der Waals surface area (Å²) in [6.07, 6.45) is 3.91. The number of nitrogens with zero attached hydrogens (tertiary/aromatic N) is 6. The third-order valence-corrected chi connectivity index (χ3v) is 6.59. The molecule has 1 amide bonds. The Morgan fingerprint density at radius 2 is 2.00 bits per heavy atom. The van der Waals surface area contributed by atoms with Gasteiger partial charge in [0.05, 0.1) is 35.9 Å². The van der Waals surface area contributed by atoms with Crippen LogP contribution in [0, 0.1) is 6.92 Å². The van der Waals surface area contributed by atoms with E-state index in [1.165, 1.54) is 12.3 Å². The summed E-state index contributed by atoms with van der Waals surface area (Å²) < 4.78 is 35.9. The molecule has 1 aliphatic heterocycles. The summed E-state index contributed by atoms with van der Waals surface area (Å²) in [5.41, 5.74) is 6.67. The maximum atomic E-state index is 14.0. The number of hydrogen-bond donors (Lipinski definition) is 2. The first kappa shape index (κ1) is 27.4. The van der Waals surface area contributed by atoms with E-state index in [0.717, 1.165) is 25.9 Å². The van der Waals surface area contributed by atoms with Crippen LogP contribution in [0.3, 0.4) is 0 Å². The first-order chi connectivity index (χ1) is 18.1. The molecular weight excluding hydrogens is 494 g/mol. The molecule has 204 valence electrons. The first-order valence-corrected chi connectivity index (χ1v) is 12.5. The van der Waals surface area contributed by atoms with Gasteiger partial charge in [-0.1, -0.05) is 0 Å². The molecule has 0 unspecified atom stereocenters. The second-order valence-electron chi connectivity index (χ2n) is 9.86. The molecule has 3 N–H and O–H groups in total. The summed E-state index contributed by atoms with van der Waals surface area (Å²) >= 11 is 0. The van der Waals surface area contributed by atoms with Gasteiger partial charge in [0, 0.05) is 24.2 Å². The lowest BCUT2D eigenvalue weighted by molar-refractivity contribution is 0.0936. The van der Waals surface area contributed by atoms with Crippen LogP contribution in [0.1, 0.15) is 46.8 Å². The minimum Gasteiger partial charge on any atom is -0.433 e. The number of anilines is 1. The molecule has 0 spiro atoms. The second-order valence-corrected chi connectivity index (χ2v) is 9.86. The van der Waals surface area contributed by atoms with Crippen molar-refractivity contribution in [3.63, 3.8) is 0 Å². The Hall–Kier alpha value is -3.64. The number of piperidine rings is 1. The average Bonchev–Trinajstić information content (AvgIpc) is 3.33. The Morgan fingerprint density at radius 3 is 2.68 bits per heavy atom. The number of carbonyl (C=O) groups is 1. The van der Waals surface area contributed by atoms with E-state index in [4.69, 9.17) is 10.5 Å². The number of ether oxygens (including phenoxy) is 1. The summed E-state index contributed by atoms with van der Waals surface area (Å²) in [6, 6.07) is 3.18. The summed E-state index contributed by atoms with van der Waals surface area (Å²) in [7, 11) is 5.83. The topological polar surface area (TPSA) is 114 Å². The van der Waals surface area contributed by atoms with Gasteiger partial charge in [-0.3, -0.25) is 9.48 Å². The molecule has 1 aromatic carbocycles. The van der Waals surface area contributed by atoms with Crippen LogP contribution in [0.2, 0.25) is 0 Å². The number of aromatic nitrogens is 4. The van der Waals surface area contributed by atoms with Gasteiger partial charge in [-0.2, -0.15) is 5.10 Å². The van der Waals surface area contributed by atoms with Crippen LogP contribution in [-0.4, -0.2) is 82.8 Å². The molecule has 12 heteroatoms. The number of nitrogen functional groups attached to an aromatic ring is 1. The van der Waals surface area contributed by atoms with Crippen LogP contribution in [0.5, 0.6) is 11.6 Å². The van der Waals surface area contributed by atoms with Crippen molar-refractivity contribution in [2.75, 3.05) is 53.1 Å². The number of hydrogen-bond acceptors (Lipinski definition) is 8. The zero-order valence-corrected chi connectivity index (χ0v) is 22.1. The number of benzene rings is 1. The van der Waals surface area contributed by atoms with Crippen LogP contribution in [0.4, 0.5) is 14.6 Å². The molecule has 2 aromatic heterocycles. The van der Waals surface area contributed by atoms with Gasteiger partial charge in [0.2, 0.25) is 0 Å². The highest BCUT2D eigenvalue weighted by Crippen LogP contribution is 2.33. The van der Waals surface area contributed by atoms with E-state index in [0.29, 0.717) is 35.7 Å². The van der Waals surface area contributed by atoms with Crippen molar-refractivity contribution in [1.29, 1.82) is 0 Å². The van der Waals surface area contributed by atoms with Crippen molar-refractivity contribution in [3.8, 4) is 22.9 Å². The van der Waals surface area contributed by atoms with Gasteiger partial charge in [0.15, 0.2) is 11.6 Å². The van der Waals surface area contributed by atoms with Crippen molar-refractivity contribution in [2.24, 2.45) is 0 Å². The van der Waals surface area contributed by atoms with E-state index in [1.54, 1.807) is 25.4 Å². The summed E-state index contributed by atoms with van der Waals surface area (Å²) in [5.74, 6) is 0.0205. The molecule has 3 heterocycles. The van der Waals surface area contributed by atoms with Crippen LogP contribution in [-0.2, 0) is 0 Å².